The minimum absolute atomic E-state index is 0.0881. The molecule has 5 heteroatoms. The first-order chi connectivity index (χ1) is 10.7. The van der Waals surface area contributed by atoms with E-state index in [0.29, 0.717) is 18.8 Å². The lowest BCUT2D eigenvalue weighted by molar-refractivity contribution is 0.493. The second kappa shape index (κ2) is 6.73. The molecule has 3 aromatic rings. The molecule has 0 aliphatic carbocycles. The van der Waals surface area contributed by atoms with Gasteiger partial charge in [0.05, 0.1) is 11.6 Å². The molecule has 0 radical (unpaired) electrons. The van der Waals surface area contributed by atoms with Crippen LogP contribution in [0.3, 0.4) is 0 Å². The molecule has 0 unspecified atom stereocenters. The number of benzene rings is 1. The van der Waals surface area contributed by atoms with Crippen molar-refractivity contribution >= 4 is 11.6 Å². The third kappa shape index (κ3) is 3.53. The van der Waals surface area contributed by atoms with E-state index in [-0.39, 0.29) is 5.02 Å². The Morgan fingerprint density at radius 1 is 1.14 bits per heavy atom. The van der Waals surface area contributed by atoms with E-state index in [1.54, 1.807) is 18.3 Å². The number of nitrogens with one attached hydrogen (secondary N) is 1. The highest BCUT2D eigenvalue weighted by atomic mass is 35.5. The molecule has 1 N–H and O–H groups in total. The van der Waals surface area contributed by atoms with E-state index in [2.05, 4.69) is 10.3 Å². The summed E-state index contributed by atoms with van der Waals surface area (Å²) < 4.78 is 18.9. The molecular weight excluding hydrogens is 303 g/mol. The van der Waals surface area contributed by atoms with Gasteiger partial charge in [0.25, 0.3) is 0 Å². The molecule has 0 fully saturated rings. The summed E-state index contributed by atoms with van der Waals surface area (Å²) in [6.07, 6.45) is 3.57. The van der Waals surface area contributed by atoms with Gasteiger partial charge in [0, 0.05) is 24.5 Å². The van der Waals surface area contributed by atoms with E-state index >= 15 is 0 Å². The summed E-state index contributed by atoms with van der Waals surface area (Å²) in [5, 5.41) is 3.37. The zero-order valence-electron chi connectivity index (χ0n) is 11.7. The van der Waals surface area contributed by atoms with Crippen LogP contribution >= 0.6 is 11.6 Å². The van der Waals surface area contributed by atoms with Gasteiger partial charge in [-0.2, -0.15) is 0 Å². The van der Waals surface area contributed by atoms with Crippen molar-refractivity contribution < 1.29 is 8.81 Å². The molecule has 0 aliphatic rings. The lowest BCUT2D eigenvalue weighted by Crippen LogP contribution is -2.12. The topological polar surface area (TPSA) is 38.1 Å². The number of pyridine rings is 1. The van der Waals surface area contributed by atoms with Gasteiger partial charge in [0.15, 0.2) is 0 Å². The molecule has 3 rings (SSSR count). The Kier molecular flexibility index (Phi) is 4.51. The molecule has 2 aromatic heterocycles. The smallest absolute Gasteiger partial charge is 0.141 e. The van der Waals surface area contributed by atoms with Gasteiger partial charge in [-0.25, -0.2) is 4.39 Å². The van der Waals surface area contributed by atoms with Crippen LogP contribution in [0, 0.1) is 5.82 Å². The zero-order valence-corrected chi connectivity index (χ0v) is 12.5. The van der Waals surface area contributed by atoms with Crippen LogP contribution in [0.2, 0.25) is 5.02 Å². The molecule has 0 bridgehead atoms. The Morgan fingerprint density at radius 2 is 2.05 bits per heavy atom. The number of halogens is 2. The predicted octanol–water partition coefficient (Wildman–Crippen LogP) is 4.42. The maximum atomic E-state index is 13.2. The van der Waals surface area contributed by atoms with Gasteiger partial charge in [-0.3, -0.25) is 4.98 Å². The van der Waals surface area contributed by atoms with Gasteiger partial charge < -0.3 is 9.73 Å². The molecule has 0 aliphatic heterocycles. The van der Waals surface area contributed by atoms with Gasteiger partial charge in [-0.1, -0.05) is 17.7 Å². The summed E-state index contributed by atoms with van der Waals surface area (Å²) in [5.74, 6) is 1.04. The zero-order chi connectivity index (χ0) is 15.4. The number of nitrogens with zero attached hydrogens (tertiary/aromatic N) is 1. The van der Waals surface area contributed by atoms with E-state index < -0.39 is 5.82 Å². The Balaban J connectivity index is 1.62. The number of rotatable bonds is 5. The lowest BCUT2D eigenvalue weighted by atomic mass is 10.2. The normalized spacial score (nSPS) is 10.8. The summed E-state index contributed by atoms with van der Waals surface area (Å²) in [7, 11) is 0. The number of furan rings is 1. The first-order valence-electron chi connectivity index (χ1n) is 6.86. The maximum absolute atomic E-state index is 13.2. The van der Waals surface area contributed by atoms with Crippen LogP contribution < -0.4 is 5.32 Å². The molecule has 112 valence electrons. The third-order valence-electron chi connectivity index (χ3n) is 3.22. The standard InChI is InChI=1S/C17H14ClFN2O/c18-15-8-13(3-5-16(15)19)17-6-4-14(22-17)11-21-10-12-2-1-7-20-9-12/h1-9,21H,10-11H2. The highest BCUT2D eigenvalue weighted by Crippen LogP contribution is 2.26. The molecule has 0 saturated carbocycles. The van der Waals surface area contributed by atoms with Crippen LogP contribution in [0.15, 0.2) is 59.3 Å². The average Bonchev–Trinajstić information content (AvgIpc) is 3.00. The summed E-state index contributed by atoms with van der Waals surface area (Å²) >= 11 is 5.79. The molecule has 3 nitrogen and oxygen atoms in total. The highest BCUT2D eigenvalue weighted by Gasteiger charge is 2.07. The van der Waals surface area contributed by atoms with Crippen LogP contribution in [0.4, 0.5) is 4.39 Å². The fraction of sp³-hybridized carbons (Fsp3) is 0.118. The molecule has 22 heavy (non-hydrogen) atoms. The average molecular weight is 317 g/mol. The van der Waals surface area contributed by atoms with Crippen LogP contribution in [-0.2, 0) is 13.1 Å². The van der Waals surface area contributed by atoms with Crippen molar-refractivity contribution in [2.45, 2.75) is 13.1 Å². The minimum atomic E-state index is -0.435. The van der Waals surface area contributed by atoms with E-state index in [9.17, 15) is 4.39 Å². The van der Waals surface area contributed by atoms with E-state index in [0.717, 1.165) is 16.9 Å². The van der Waals surface area contributed by atoms with Crippen molar-refractivity contribution in [1.82, 2.24) is 10.3 Å². The SMILES string of the molecule is Fc1ccc(-c2ccc(CNCc3cccnc3)o2)cc1Cl. The molecule has 0 spiro atoms. The van der Waals surface area contributed by atoms with Crippen LogP contribution in [0.1, 0.15) is 11.3 Å². The molecule has 0 saturated heterocycles. The summed E-state index contributed by atoms with van der Waals surface area (Å²) in [6.45, 7) is 1.32. The fourth-order valence-corrected chi connectivity index (χ4v) is 2.29. The number of aromatic nitrogens is 1. The molecule has 1 aromatic carbocycles. The van der Waals surface area contributed by atoms with E-state index in [1.807, 2.05) is 30.5 Å². The first-order valence-corrected chi connectivity index (χ1v) is 7.24. The summed E-state index contributed by atoms with van der Waals surface area (Å²) in [5.41, 5.74) is 1.87. The number of hydrogen-bond donors (Lipinski definition) is 1. The van der Waals surface area contributed by atoms with Crippen molar-refractivity contribution in [2.24, 2.45) is 0 Å². The second-order valence-corrected chi connectivity index (χ2v) is 5.27. The Labute approximate surface area is 132 Å². The van der Waals surface area contributed by atoms with Crippen molar-refractivity contribution in [2.75, 3.05) is 0 Å². The maximum Gasteiger partial charge on any atom is 0.141 e. The van der Waals surface area contributed by atoms with Crippen molar-refractivity contribution in [3.8, 4) is 11.3 Å². The largest absolute Gasteiger partial charge is 0.460 e. The highest BCUT2D eigenvalue weighted by molar-refractivity contribution is 6.31. The Morgan fingerprint density at radius 3 is 2.82 bits per heavy atom. The summed E-state index contributed by atoms with van der Waals surface area (Å²) in [4.78, 5) is 4.06. The first kappa shape index (κ1) is 14.8. The van der Waals surface area contributed by atoms with Crippen LogP contribution in [-0.4, -0.2) is 4.98 Å². The van der Waals surface area contributed by atoms with E-state index in [1.165, 1.54) is 6.07 Å². The van der Waals surface area contributed by atoms with Gasteiger partial charge in [0.2, 0.25) is 0 Å². The van der Waals surface area contributed by atoms with Crippen LogP contribution in [0.5, 0.6) is 0 Å². The third-order valence-corrected chi connectivity index (χ3v) is 3.51. The van der Waals surface area contributed by atoms with Crippen molar-refractivity contribution in [3.63, 3.8) is 0 Å². The lowest BCUT2D eigenvalue weighted by Gasteiger charge is -2.03. The van der Waals surface area contributed by atoms with Gasteiger partial charge in [0.1, 0.15) is 17.3 Å². The molecule has 0 atom stereocenters. The van der Waals surface area contributed by atoms with Gasteiger partial charge >= 0.3 is 0 Å². The molecule has 0 amide bonds. The van der Waals surface area contributed by atoms with Gasteiger partial charge in [-0.05, 0) is 42.0 Å². The quantitative estimate of drug-likeness (QED) is 0.757. The molecule has 2 heterocycles. The number of hydrogen-bond acceptors (Lipinski definition) is 3. The Hall–Kier alpha value is -2.17. The van der Waals surface area contributed by atoms with Crippen molar-refractivity contribution in [1.29, 1.82) is 0 Å². The second-order valence-electron chi connectivity index (χ2n) is 4.86. The predicted molar refractivity (Wildman–Crippen MR) is 83.9 cm³/mol. The molecular formula is C17H14ClFN2O. The monoisotopic (exact) mass is 316 g/mol. The summed E-state index contributed by atoms with van der Waals surface area (Å²) in [6, 6.07) is 12.2. The minimum Gasteiger partial charge on any atom is -0.460 e. The Bertz CT molecular complexity index is 758. The fourth-order valence-electron chi connectivity index (χ4n) is 2.11. The van der Waals surface area contributed by atoms with E-state index in [4.69, 9.17) is 16.0 Å². The van der Waals surface area contributed by atoms with Crippen LogP contribution in [0.25, 0.3) is 11.3 Å². The van der Waals surface area contributed by atoms with Gasteiger partial charge in [-0.15, -0.1) is 0 Å². The van der Waals surface area contributed by atoms with Crippen molar-refractivity contribution in [3.05, 3.63) is 77.0 Å².